The fourth-order valence-corrected chi connectivity index (χ4v) is 1.75. The van der Waals surface area contributed by atoms with Crippen LogP contribution in [0.1, 0.15) is 5.56 Å². The first-order chi connectivity index (χ1) is 7.66. The van der Waals surface area contributed by atoms with Crippen LogP contribution in [-0.4, -0.2) is 4.92 Å². The second-order valence-corrected chi connectivity index (χ2v) is 4.14. The van der Waals surface area contributed by atoms with Gasteiger partial charge in [-0.05, 0) is 22.4 Å². The molecule has 0 heterocycles. The molecule has 0 aliphatic heterocycles. The van der Waals surface area contributed by atoms with Gasteiger partial charge in [0.05, 0.1) is 4.92 Å². The van der Waals surface area contributed by atoms with Crippen LogP contribution in [0.15, 0.2) is 47.1 Å². The van der Waals surface area contributed by atoms with Gasteiger partial charge in [-0.25, -0.2) is 0 Å². The van der Waals surface area contributed by atoms with Gasteiger partial charge < -0.3 is 0 Å². The molecule has 2 aromatic carbocycles. The van der Waals surface area contributed by atoms with Crippen molar-refractivity contribution in [2.24, 2.45) is 0 Å². The van der Waals surface area contributed by atoms with E-state index in [9.17, 15) is 10.1 Å². The fraction of sp³-hybridized carbons (Fsp3) is 0. The molecule has 0 aromatic heterocycles. The SMILES string of the molecule is O=[N+]([O-])/C(Br)=C\c1ccc2ccccc2c1. The Kier molecular flexibility index (Phi) is 3.01. The van der Waals surface area contributed by atoms with E-state index >= 15 is 0 Å². The molecule has 2 rings (SSSR count). The van der Waals surface area contributed by atoms with Crippen molar-refractivity contribution in [1.29, 1.82) is 0 Å². The standard InChI is InChI=1S/C12H8BrNO2/c13-12(14(15)16)8-9-5-6-10-3-1-2-4-11(10)7-9/h1-8H/b12-8-. The minimum Gasteiger partial charge on any atom is -0.258 e. The van der Waals surface area contributed by atoms with Gasteiger partial charge in [0.2, 0.25) is 0 Å². The van der Waals surface area contributed by atoms with Crippen LogP contribution in [0, 0.1) is 10.1 Å². The second-order valence-electron chi connectivity index (χ2n) is 3.33. The highest BCUT2D eigenvalue weighted by Gasteiger charge is 2.04. The molecule has 80 valence electrons. The van der Waals surface area contributed by atoms with Crippen molar-refractivity contribution < 1.29 is 4.92 Å². The van der Waals surface area contributed by atoms with Crippen LogP contribution in [0.4, 0.5) is 0 Å². The Hall–Kier alpha value is -1.68. The highest BCUT2D eigenvalue weighted by atomic mass is 79.9. The summed E-state index contributed by atoms with van der Waals surface area (Å²) in [5.74, 6) is 0. The Morgan fingerprint density at radius 2 is 1.88 bits per heavy atom. The summed E-state index contributed by atoms with van der Waals surface area (Å²) in [6, 6.07) is 13.6. The lowest BCUT2D eigenvalue weighted by molar-refractivity contribution is -0.407. The van der Waals surface area contributed by atoms with Gasteiger partial charge in [-0.3, -0.25) is 10.1 Å². The number of nitrogens with zero attached hydrogens (tertiary/aromatic N) is 1. The first kappa shape index (κ1) is 10.8. The lowest BCUT2D eigenvalue weighted by Gasteiger charge is -1.98. The van der Waals surface area contributed by atoms with Crippen LogP contribution in [-0.2, 0) is 0 Å². The number of benzene rings is 2. The van der Waals surface area contributed by atoms with E-state index in [1.54, 1.807) is 0 Å². The number of nitro groups is 1. The third kappa shape index (κ3) is 2.28. The molecular weight excluding hydrogens is 270 g/mol. The van der Waals surface area contributed by atoms with Crippen LogP contribution in [0.2, 0.25) is 0 Å². The molecule has 3 nitrogen and oxygen atoms in total. The summed E-state index contributed by atoms with van der Waals surface area (Å²) in [6.45, 7) is 0. The molecule has 2 aromatic rings. The van der Waals surface area contributed by atoms with Gasteiger partial charge in [-0.15, -0.1) is 0 Å². The maximum atomic E-state index is 10.5. The molecule has 16 heavy (non-hydrogen) atoms. The van der Waals surface area contributed by atoms with Crippen molar-refractivity contribution in [3.63, 3.8) is 0 Å². The molecule has 0 atom stereocenters. The minimum absolute atomic E-state index is 0.0391. The third-order valence-corrected chi connectivity index (χ3v) is 2.75. The summed E-state index contributed by atoms with van der Waals surface area (Å²) in [6.07, 6.45) is 1.49. The Labute approximate surface area is 101 Å². The average Bonchev–Trinajstić information content (AvgIpc) is 2.28. The lowest BCUT2D eigenvalue weighted by Crippen LogP contribution is -1.89. The first-order valence-corrected chi connectivity index (χ1v) is 5.46. The molecule has 0 unspecified atom stereocenters. The van der Waals surface area contributed by atoms with Crippen LogP contribution < -0.4 is 0 Å². The number of hydrogen-bond acceptors (Lipinski definition) is 2. The zero-order valence-electron chi connectivity index (χ0n) is 8.26. The van der Waals surface area contributed by atoms with E-state index in [4.69, 9.17) is 0 Å². The van der Waals surface area contributed by atoms with Crippen LogP contribution in [0.3, 0.4) is 0 Å². The van der Waals surface area contributed by atoms with Crippen molar-refractivity contribution in [3.05, 3.63) is 62.7 Å². The number of halogens is 1. The molecule has 0 spiro atoms. The highest BCUT2D eigenvalue weighted by molar-refractivity contribution is 9.11. The van der Waals surface area contributed by atoms with Gasteiger partial charge in [-0.1, -0.05) is 36.4 Å². The molecule has 0 radical (unpaired) electrons. The largest absolute Gasteiger partial charge is 0.311 e. The molecule has 0 fully saturated rings. The maximum Gasteiger partial charge on any atom is 0.311 e. The Morgan fingerprint density at radius 1 is 1.19 bits per heavy atom. The summed E-state index contributed by atoms with van der Waals surface area (Å²) in [5, 5.41) is 12.6. The van der Waals surface area contributed by atoms with Gasteiger partial charge in [0.25, 0.3) is 0 Å². The topological polar surface area (TPSA) is 43.1 Å². The van der Waals surface area contributed by atoms with Crippen molar-refractivity contribution >= 4 is 32.8 Å². The monoisotopic (exact) mass is 277 g/mol. The zero-order valence-corrected chi connectivity index (χ0v) is 9.85. The summed E-state index contributed by atoms with van der Waals surface area (Å²) < 4.78 is -0.0391. The molecule has 0 N–H and O–H groups in total. The number of fused-ring (bicyclic) bond motifs is 1. The maximum absolute atomic E-state index is 10.5. The van der Waals surface area contributed by atoms with Crippen LogP contribution >= 0.6 is 15.9 Å². The first-order valence-electron chi connectivity index (χ1n) is 4.67. The van der Waals surface area contributed by atoms with Gasteiger partial charge in [0.15, 0.2) is 0 Å². The highest BCUT2D eigenvalue weighted by Crippen LogP contribution is 2.19. The van der Waals surface area contributed by atoms with E-state index in [-0.39, 0.29) is 4.61 Å². The number of hydrogen-bond donors (Lipinski definition) is 0. The van der Waals surface area contributed by atoms with E-state index < -0.39 is 4.92 Å². The van der Waals surface area contributed by atoms with Crippen molar-refractivity contribution in [2.45, 2.75) is 0 Å². The molecule has 0 amide bonds. The molecule has 0 bridgehead atoms. The zero-order chi connectivity index (χ0) is 11.5. The van der Waals surface area contributed by atoms with Crippen molar-refractivity contribution in [1.82, 2.24) is 0 Å². The Balaban J connectivity index is 2.47. The Bertz CT molecular complexity index is 578. The van der Waals surface area contributed by atoms with E-state index in [0.717, 1.165) is 16.3 Å². The van der Waals surface area contributed by atoms with E-state index in [1.807, 2.05) is 42.5 Å². The molecule has 0 aliphatic carbocycles. The van der Waals surface area contributed by atoms with Gasteiger partial charge >= 0.3 is 4.61 Å². The summed E-state index contributed by atoms with van der Waals surface area (Å²) in [4.78, 5) is 9.99. The number of rotatable bonds is 2. The molecular formula is C12H8BrNO2. The average molecular weight is 278 g/mol. The van der Waals surface area contributed by atoms with E-state index in [1.165, 1.54) is 6.08 Å². The van der Waals surface area contributed by atoms with Crippen LogP contribution in [0.25, 0.3) is 16.8 Å². The van der Waals surface area contributed by atoms with E-state index in [0.29, 0.717) is 0 Å². The summed E-state index contributed by atoms with van der Waals surface area (Å²) in [5.41, 5.74) is 0.808. The van der Waals surface area contributed by atoms with Crippen molar-refractivity contribution in [2.75, 3.05) is 0 Å². The predicted octanol–water partition coefficient (Wildman–Crippen LogP) is 3.81. The molecule has 0 aliphatic rings. The minimum atomic E-state index is -0.463. The third-order valence-electron chi connectivity index (χ3n) is 2.23. The Morgan fingerprint density at radius 3 is 2.56 bits per heavy atom. The van der Waals surface area contributed by atoms with Crippen molar-refractivity contribution in [3.8, 4) is 0 Å². The summed E-state index contributed by atoms with van der Waals surface area (Å²) in [7, 11) is 0. The quantitative estimate of drug-likeness (QED) is 0.476. The lowest BCUT2D eigenvalue weighted by atomic mass is 10.1. The normalized spacial score (nSPS) is 11.7. The van der Waals surface area contributed by atoms with Gasteiger partial charge in [0, 0.05) is 22.0 Å². The summed E-state index contributed by atoms with van der Waals surface area (Å²) >= 11 is 2.90. The fourth-order valence-electron chi connectivity index (χ4n) is 1.49. The predicted molar refractivity (Wildman–Crippen MR) is 67.8 cm³/mol. The van der Waals surface area contributed by atoms with Crippen LogP contribution in [0.5, 0.6) is 0 Å². The molecule has 0 saturated heterocycles. The second kappa shape index (κ2) is 4.45. The molecule has 4 heteroatoms. The smallest absolute Gasteiger partial charge is 0.258 e. The van der Waals surface area contributed by atoms with Gasteiger partial charge in [-0.2, -0.15) is 0 Å². The van der Waals surface area contributed by atoms with Gasteiger partial charge in [0.1, 0.15) is 0 Å². The molecule has 0 saturated carbocycles. The van der Waals surface area contributed by atoms with E-state index in [2.05, 4.69) is 15.9 Å².